The molecule has 8 nitrogen and oxygen atoms in total. The van der Waals surface area contributed by atoms with Gasteiger partial charge in [-0.3, -0.25) is 13.9 Å². The van der Waals surface area contributed by atoms with Gasteiger partial charge < -0.3 is 21.1 Å². The maximum absolute atomic E-state index is 12.8. The first-order valence-corrected chi connectivity index (χ1v) is 11.6. The smallest absolute Gasteiger partial charge is 0.351 e. The van der Waals surface area contributed by atoms with Crippen LogP contribution in [0.3, 0.4) is 0 Å². The lowest BCUT2D eigenvalue weighted by Gasteiger charge is -2.28. The second-order valence-electron chi connectivity index (χ2n) is 7.38. The number of amides is 1. The monoisotopic (exact) mass is 428 g/mol. The summed E-state index contributed by atoms with van der Waals surface area (Å²) in [6.07, 6.45) is 1.31. The number of nitrogens with two attached hydrogens (primary N) is 1. The van der Waals surface area contributed by atoms with E-state index in [2.05, 4.69) is 5.32 Å². The molecule has 29 heavy (non-hydrogen) atoms. The third kappa shape index (κ3) is 9.54. The van der Waals surface area contributed by atoms with Crippen LogP contribution in [-0.2, 0) is 25.1 Å². The Morgan fingerprint density at radius 3 is 2.38 bits per heavy atom. The van der Waals surface area contributed by atoms with Crippen molar-refractivity contribution < 1.29 is 28.7 Å². The molecule has 0 aromatic heterocycles. The molecule has 1 rings (SSSR count). The number of hydrogen-bond donors (Lipinski definition) is 4. The molecule has 1 unspecified atom stereocenters. The van der Waals surface area contributed by atoms with Crippen molar-refractivity contribution >= 4 is 19.5 Å². The molecule has 0 spiro atoms. The lowest BCUT2D eigenvalue weighted by molar-refractivity contribution is -0.145. The van der Waals surface area contributed by atoms with Gasteiger partial charge in [0.15, 0.2) is 6.10 Å². The summed E-state index contributed by atoms with van der Waals surface area (Å²) < 4.78 is 17.9. The van der Waals surface area contributed by atoms with Gasteiger partial charge in [0.05, 0.1) is 0 Å². The molecule has 9 heteroatoms. The van der Waals surface area contributed by atoms with Crippen LogP contribution in [0.15, 0.2) is 30.3 Å². The van der Waals surface area contributed by atoms with Crippen LogP contribution in [0.25, 0.3) is 0 Å². The van der Waals surface area contributed by atoms with E-state index in [0.717, 1.165) is 12.0 Å². The first-order chi connectivity index (χ1) is 13.7. The van der Waals surface area contributed by atoms with Crippen molar-refractivity contribution in [2.45, 2.75) is 64.3 Å². The predicted molar refractivity (Wildman–Crippen MR) is 111 cm³/mol. The molecular formula is C20H33N2O6P. The molecule has 3 atom stereocenters. The predicted octanol–water partition coefficient (Wildman–Crippen LogP) is 2.89. The van der Waals surface area contributed by atoms with Crippen LogP contribution in [0.4, 0.5) is 0 Å². The Kier molecular flexibility index (Phi) is 11.1. The van der Waals surface area contributed by atoms with Crippen molar-refractivity contribution in [3.8, 4) is 0 Å². The van der Waals surface area contributed by atoms with E-state index in [1.165, 1.54) is 0 Å². The van der Waals surface area contributed by atoms with E-state index in [4.69, 9.17) is 10.3 Å². The Balaban J connectivity index is 2.71. The largest absolute Gasteiger partial charge is 0.479 e. The SMILES string of the molecule is CC(C)[C@H](NC(=O)CCc1ccccc1)P(=O)(O)O[C@@H](CCCCCN)C(=O)O. The van der Waals surface area contributed by atoms with Crippen molar-refractivity contribution in [1.82, 2.24) is 5.32 Å². The average Bonchev–Trinajstić information content (AvgIpc) is 2.67. The molecule has 0 aliphatic heterocycles. The number of carboxylic acid groups (broad SMARTS) is 1. The summed E-state index contributed by atoms with van der Waals surface area (Å²) in [6, 6.07) is 9.43. The van der Waals surface area contributed by atoms with Gasteiger partial charge in [0.25, 0.3) is 0 Å². The number of carbonyl (C=O) groups is 2. The van der Waals surface area contributed by atoms with Gasteiger partial charge in [-0.15, -0.1) is 0 Å². The number of aryl methyl sites for hydroxylation is 1. The highest BCUT2D eigenvalue weighted by Gasteiger charge is 2.40. The molecule has 0 aliphatic rings. The summed E-state index contributed by atoms with van der Waals surface area (Å²) in [4.78, 5) is 34.2. The summed E-state index contributed by atoms with van der Waals surface area (Å²) in [5.74, 6) is -3.29. The van der Waals surface area contributed by atoms with Crippen LogP contribution >= 0.6 is 7.60 Å². The van der Waals surface area contributed by atoms with Crippen LogP contribution in [-0.4, -0.2) is 40.3 Å². The van der Waals surface area contributed by atoms with Crippen LogP contribution < -0.4 is 11.1 Å². The van der Waals surface area contributed by atoms with E-state index in [0.29, 0.717) is 25.8 Å². The molecule has 0 heterocycles. The second-order valence-corrected chi connectivity index (χ2v) is 9.27. The summed E-state index contributed by atoms with van der Waals surface area (Å²) >= 11 is 0. The van der Waals surface area contributed by atoms with E-state index in [-0.39, 0.29) is 18.7 Å². The molecule has 0 aliphatic carbocycles. The quantitative estimate of drug-likeness (QED) is 0.264. The summed E-state index contributed by atoms with van der Waals surface area (Å²) in [5, 5.41) is 11.9. The fraction of sp³-hybridized carbons (Fsp3) is 0.600. The van der Waals surface area contributed by atoms with Gasteiger partial charge in [-0.25, -0.2) is 4.79 Å². The number of aliphatic carboxylic acids is 1. The molecule has 5 N–H and O–H groups in total. The maximum atomic E-state index is 12.8. The third-order valence-corrected chi connectivity index (χ3v) is 6.48. The van der Waals surface area contributed by atoms with Gasteiger partial charge in [-0.1, -0.05) is 57.0 Å². The zero-order valence-electron chi connectivity index (χ0n) is 17.1. The number of carbonyl (C=O) groups excluding carboxylic acids is 1. The van der Waals surface area contributed by atoms with Gasteiger partial charge in [0.2, 0.25) is 5.91 Å². The standard InChI is InChI=1S/C20H33N2O6P/c1-15(2)19(22-18(23)13-12-16-9-5-3-6-10-16)29(26,27)28-17(20(24)25)11-7-4-8-14-21/h3,5-6,9-10,15,17,19H,4,7-8,11-14,21H2,1-2H3,(H,22,23)(H,24,25)(H,26,27)/t17-,19+/m0/s1. The van der Waals surface area contributed by atoms with Crippen LogP contribution in [0.1, 0.15) is 51.5 Å². The molecular weight excluding hydrogens is 395 g/mol. The zero-order chi connectivity index (χ0) is 21.9. The Morgan fingerprint density at radius 1 is 1.17 bits per heavy atom. The molecule has 1 aromatic carbocycles. The van der Waals surface area contributed by atoms with E-state index in [9.17, 15) is 24.2 Å². The topological polar surface area (TPSA) is 139 Å². The minimum Gasteiger partial charge on any atom is -0.479 e. The number of benzene rings is 1. The van der Waals surface area contributed by atoms with Gasteiger partial charge in [0.1, 0.15) is 5.78 Å². The number of rotatable bonds is 14. The summed E-state index contributed by atoms with van der Waals surface area (Å²) in [5.41, 5.74) is 6.40. The lowest BCUT2D eigenvalue weighted by atomic mass is 10.1. The Morgan fingerprint density at radius 2 is 1.83 bits per heavy atom. The van der Waals surface area contributed by atoms with Crippen molar-refractivity contribution in [3.63, 3.8) is 0 Å². The van der Waals surface area contributed by atoms with Gasteiger partial charge in [0, 0.05) is 6.42 Å². The highest BCUT2D eigenvalue weighted by Crippen LogP contribution is 2.50. The highest BCUT2D eigenvalue weighted by molar-refractivity contribution is 7.53. The van der Waals surface area contributed by atoms with E-state index >= 15 is 0 Å². The first kappa shape index (κ1) is 25.3. The third-order valence-electron chi connectivity index (χ3n) is 4.50. The molecule has 164 valence electrons. The molecule has 1 amide bonds. The fourth-order valence-corrected chi connectivity index (χ4v) is 4.64. The molecule has 0 radical (unpaired) electrons. The number of carboxylic acids is 1. The van der Waals surface area contributed by atoms with E-state index in [1.807, 2.05) is 30.3 Å². The van der Waals surface area contributed by atoms with Crippen molar-refractivity contribution in [1.29, 1.82) is 0 Å². The normalized spacial score (nSPS) is 15.5. The minimum absolute atomic E-state index is 0.104. The van der Waals surface area contributed by atoms with Gasteiger partial charge in [-0.05, 0) is 37.3 Å². The van der Waals surface area contributed by atoms with E-state index < -0.39 is 31.4 Å². The first-order valence-electron chi connectivity index (χ1n) is 9.94. The molecule has 1 aromatic rings. The van der Waals surface area contributed by atoms with Crippen molar-refractivity contribution in [3.05, 3.63) is 35.9 Å². The minimum atomic E-state index is -4.41. The highest BCUT2D eigenvalue weighted by atomic mass is 31.2. The van der Waals surface area contributed by atoms with Crippen LogP contribution in [0.5, 0.6) is 0 Å². The summed E-state index contributed by atoms with van der Waals surface area (Å²) in [6.45, 7) is 3.85. The van der Waals surface area contributed by atoms with Crippen molar-refractivity contribution in [2.75, 3.05) is 6.54 Å². The zero-order valence-corrected chi connectivity index (χ0v) is 18.0. The summed E-state index contributed by atoms with van der Waals surface area (Å²) in [7, 11) is -4.41. The number of nitrogens with one attached hydrogen (secondary N) is 1. The van der Waals surface area contributed by atoms with Crippen LogP contribution in [0, 0.1) is 5.92 Å². The van der Waals surface area contributed by atoms with Crippen LogP contribution in [0.2, 0.25) is 0 Å². The lowest BCUT2D eigenvalue weighted by Crippen LogP contribution is -2.40. The van der Waals surface area contributed by atoms with Gasteiger partial charge >= 0.3 is 13.6 Å². The molecule has 0 bridgehead atoms. The Hall–Kier alpha value is -1.73. The molecule has 0 fully saturated rings. The molecule has 0 saturated heterocycles. The van der Waals surface area contributed by atoms with E-state index in [1.54, 1.807) is 13.8 Å². The number of hydrogen-bond acceptors (Lipinski definition) is 5. The molecule has 0 saturated carbocycles. The fourth-order valence-electron chi connectivity index (χ4n) is 2.88. The Bertz CT molecular complexity index is 683. The maximum Gasteiger partial charge on any atom is 0.351 e. The van der Waals surface area contributed by atoms with Crippen molar-refractivity contribution in [2.24, 2.45) is 11.7 Å². The Labute approximate surface area is 172 Å². The number of unbranched alkanes of at least 4 members (excludes halogenated alkanes) is 2. The van der Waals surface area contributed by atoms with Gasteiger partial charge in [-0.2, -0.15) is 0 Å². The average molecular weight is 428 g/mol. The second kappa shape index (κ2) is 12.8.